The minimum atomic E-state index is -1.21. The third kappa shape index (κ3) is 3.69. The Morgan fingerprint density at radius 2 is 2.00 bits per heavy atom. The molecule has 0 bridgehead atoms. The van der Waals surface area contributed by atoms with Crippen molar-refractivity contribution in [2.45, 2.75) is 6.54 Å². The van der Waals surface area contributed by atoms with Crippen molar-refractivity contribution in [1.29, 1.82) is 0 Å². The highest BCUT2D eigenvalue weighted by Gasteiger charge is 2.26. The van der Waals surface area contributed by atoms with Crippen LogP contribution in [0.25, 0.3) is 10.9 Å². The number of rotatable bonds is 6. The third-order valence-corrected chi connectivity index (χ3v) is 6.58. The van der Waals surface area contributed by atoms with Gasteiger partial charge in [-0.05, 0) is 30.3 Å². The molecular weight excluding hydrogens is 395 g/mol. The fraction of sp³-hybridized carbons (Fsp3) is 0.0952. The van der Waals surface area contributed by atoms with Gasteiger partial charge in [0, 0.05) is 33.6 Å². The fourth-order valence-electron chi connectivity index (χ4n) is 3.08. The number of aromatic nitrogens is 1. The Labute approximate surface area is 168 Å². The summed E-state index contributed by atoms with van der Waals surface area (Å²) in [6.07, 6.45) is 1.58. The lowest BCUT2D eigenvalue weighted by molar-refractivity contribution is 0.0945. The zero-order chi connectivity index (χ0) is 19.5. The maximum atomic E-state index is 13.0. The van der Waals surface area contributed by atoms with Gasteiger partial charge in [-0.1, -0.05) is 41.9 Å². The van der Waals surface area contributed by atoms with E-state index < -0.39 is 8.15 Å². The molecule has 0 spiro atoms. The molecule has 4 rings (SSSR count). The van der Waals surface area contributed by atoms with Crippen LogP contribution in [-0.4, -0.2) is 18.0 Å². The van der Waals surface area contributed by atoms with Crippen LogP contribution in [0.5, 0.6) is 0 Å². The maximum absolute atomic E-state index is 13.0. The number of fused-ring (bicyclic) bond motifs is 1. The molecule has 1 unspecified atom stereocenters. The standard InChI is InChI=1S/C21H18ClN2O3P/c1-26-28(16-7-3-2-4-8-16)20-17-12-14(22)9-10-18(17)24-19(20)21(25)23-13-15-6-5-11-27-15/h2-12,24H,13H2,1H3,(H,23,25). The molecule has 0 aliphatic rings. The molecule has 142 valence electrons. The van der Waals surface area contributed by atoms with E-state index in [0.717, 1.165) is 21.5 Å². The summed E-state index contributed by atoms with van der Waals surface area (Å²) < 4.78 is 11.2. The van der Waals surface area contributed by atoms with E-state index in [2.05, 4.69) is 10.3 Å². The molecule has 0 fully saturated rings. The number of carbonyl (C=O) groups is 1. The van der Waals surface area contributed by atoms with Gasteiger partial charge in [0.05, 0.1) is 21.0 Å². The number of amides is 1. The summed E-state index contributed by atoms with van der Waals surface area (Å²) in [7, 11) is 0.452. The first-order chi connectivity index (χ1) is 13.7. The van der Waals surface area contributed by atoms with E-state index >= 15 is 0 Å². The highest BCUT2D eigenvalue weighted by Crippen LogP contribution is 2.38. The largest absolute Gasteiger partial charge is 0.467 e. The average Bonchev–Trinajstić information content (AvgIpc) is 3.36. The van der Waals surface area contributed by atoms with Gasteiger partial charge in [0.2, 0.25) is 0 Å². The van der Waals surface area contributed by atoms with Crippen LogP contribution in [0, 0.1) is 0 Å². The Bertz CT molecular complexity index is 1090. The summed E-state index contributed by atoms with van der Waals surface area (Å²) >= 11 is 6.24. The van der Waals surface area contributed by atoms with E-state index in [9.17, 15) is 4.79 Å². The summed E-state index contributed by atoms with van der Waals surface area (Å²) in [5.74, 6) is 0.463. The Morgan fingerprint density at radius 3 is 2.71 bits per heavy atom. The number of aromatic amines is 1. The summed E-state index contributed by atoms with van der Waals surface area (Å²) in [5.41, 5.74) is 1.31. The van der Waals surface area contributed by atoms with Gasteiger partial charge in [0.1, 0.15) is 11.5 Å². The lowest BCUT2D eigenvalue weighted by Gasteiger charge is -2.17. The summed E-state index contributed by atoms with van der Waals surface area (Å²) in [6, 6.07) is 19.0. The van der Waals surface area contributed by atoms with Crippen LogP contribution in [0.1, 0.15) is 16.2 Å². The zero-order valence-electron chi connectivity index (χ0n) is 15.1. The number of halogens is 1. The van der Waals surface area contributed by atoms with Crippen molar-refractivity contribution in [2.24, 2.45) is 0 Å². The molecule has 4 aromatic rings. The smallest absolute Gasteiger partial charge is 0.268 e. The second-order valence-electron chi connectivity index (χ2n) is 6.11. The maximum Gasteiger partial charge on any atom is 0.268 e. The van der Waals surface area contributed by atoms with E-state index in [1.807, 2.05) is 48.5 Å². The molecule has 2 aromatic carbocycles. The monoisotopic (exact) mass is 412 g/mol. The number of H-pyrrole nitrogens is 1. The van der Waals surface area contributed by atoms with Gasteiger partial charge in [-0.3, -0.25) is 4.79 Å². The molecule has 0 radical (unpaired) electrons. The molecule has 2 N–H and O–H groups in total. The number of benzene rings is 2. The minimum absolute atomic E-state index is 0.223. The molecule has 0 aliphatic heterocycles. The first kappa shape index (κ1) is 18.8. The van der Waals surface area contributed by atoms with Crippen molar-refractivity contribution in [3.63, 3.8) is 0 Å². The number of furan rings is 1. The van der Waals surface area contributed by atoms with Gasteiger partial charge in [-0.25, -0.2) is 0 Å². The predicted molar refractivity (Wildman–Crippen MR) is 113 cm³/mol. The molecule has 2 heterocycles. The topological polar surface area (TPSA) is 67.3 Å². The number of nitrogens with one attached hydrogen (secondary N) is 2. The summed E-state index contributed by atoms with van der Waals surface area (Å²) in [5, 5.41) is 6.23. The van der Waals surface area contributed by atoms with Crippen molar-refractivity contribution in [3.05, 3.63) is 83.4 Å². The molecule has 1 atom stereocenters. The summed E-state index contributed by atoms with van der Waals surface area (Å²) in [6.45, 7) is 0.303. The zero-order valence-corrected chi connectivity index (χ0v) is 16.8. The molecule has 28 heavy (non-hydrogen) atoms. The molecule has 0 saturated carbocycles. The van der Waals surface area contributed by atoms with Crippen LogP contribution in [0.2, 0.25) is 5.02 Å². The normalized spacial score (nSPS) is 12.2. The van der Waals surface area contributed by atoms with Crippen LogP contribution in [0.15, 0.2) is 71.3 Å². The highest BCUT2D eigenvalue weighted by atomic mass is 35.5. The van der Waals surface area contributed by atoms with E-state index in [-0.39, 0.29) is 5.91 Å². The van der Waals surface area contributed by atoms with Gasteiger partial charge in [-0.15, -0.1) is 0 Å². The first-order valence-electron chi connectivity index (χ1n) is 8.68. The molecular formula is C21H18ClN2O3P. The number of hydrogen-bond donors (Lipinski definition) is 2. The second-order valence-corrected chi connectivity index (χ2v) is 8.47. The van der Waals surface area contributed by atoms with Gasteiger partial charge in [-0.2, -0.15) is 0 Å². The van der Waals surface area contributed by atoms with Crippen molar-refractivity contribution in [3.8, 4) is 0 Å². The molecule has 0 saturated heterocycles. The number of carbonyl (C=O) groups excluding carboxylic acids is 1. The quantitative estimate of drug-likeness (QED) is 0.463. The Balaban J connectivity index is 1.79. The minimum Gasteiger partial charge on any atom is -0.467 e. The molecule has 0 aliphatic carbocycles. The van der Waals surface area contributed by atoms with Crippen LogP contribution in [0.3, 0.4) is 0 Å². The van der Waals surface area contributed by atoms with Crippen molar-refractivity contribution in [1.82, 2.24) is 10.3 Å². The lowest BCUT2D eigenvalue weighted by Crippen LogP contribution is -2.28. The van der Waals surface area contributed by atoms with Gasteiger partial charge in [0.15, 0.2) is 0 Å². The van der Waals surface area contributed by atoms with Gasteiger partial charge in [0.25, 0.3) is 5.91 Å². The molecule has 5 nitrogen and oxygen atoms in total. The van der Waals surface area contributed by atoms with Crippen molar-refractivity contribution >= 4 is 47.2 Å². The van der Waals surface area contributed by atoms with E-state index in [4.69, 9.17) is 20.5 Å². The van der Waals surface area contributed by atoms with Crippen molar-refractivity contribution in [2.75, 3.05) is 7.11 Å². The van der Waals surface area contributed by atoms with Crippen LogP contribution >= 0.6 is 19.7 Å². The van der Waals surface area contributed by atoms with E-state index in [1.54, 1.807) is 25.5 Å². The predicted octanol–water partition coefficient (Wildman–Crippen LogP) is 4.34. The average molecular weight is 413 g/mol. The Hall–Kier alpha value is -2.59. The van der Waals surface area contributed by atoms with Gasteiger partial charge < -0.3 is 19.2 Å². The number of hydrogen-bond acceptors (Lipinski definition) is 3. The third-order valence-electron chi connectivity index (χ3n) is 4.34. The van der Waals surface area contributed by atoms with E-state index in [0.29, 0.717) is 23.0 Å². The second kappa shape index (κ2) is 8.19. The molecule has 2 aromatic heterocycles. The van der Waals surface area contributed by atoms with E-state index in [1.165, 1.54) is 0 Å². The van der Waals surface area contributed by atoms with Gasteiger partial charge >= 0.3 is 0 Å². The highest BCUT2D eigenvalue weighted by molar-refractivity contribution is 7.69. The van der Waals surface area contributed by atoms with Crippen LogP contribution in [0.4, 0.5) is 0 Å². The first-order valence-corrected chi connectivity index (χ1v) is 10.3. The molecule has 1 amide bonds. The fourth-order valence-corrected chi connectivity index (χ4v) is 5.11. The molecule has 7 heteroatoms. The Kier molecular flexibility index (Phi) is 5.49. The van der Waals surface area contributed by atoms with Crippen LogP contribution in [-0.2, 0) is 11.1 Å². The SMILES string of the molecule is COP(c1ccccc1)c1c(C(=O)NCc2ccco2)[nH]c2ccc(Cl)cc12. The van der Waals surface area contributed by atoms with Crippen molar-refractivity contribution < 1.29 is 13.7 Å². The Morgan fingerprint density at radius 1 is 1.18 bits per heavy atom. The van der Waals surface area contributed by atoms with Crippen LogP contribution < -0.4 is 15.9 Å². The summed E-state index contributed by atoms with van der Waals surface area (Å²) in [4.78, 5) is 16.2. The lowest BCUT2D eigenvalue weighted by atomic mass is 10.2.